The van der Waals surface area contributed by atoms with Crippen molar-refractivity contribution in [2.45, 2.75) is 37.4 Å². The molecule has 0 saturated carbocycles. The summed E-state index contributed by atoms with van der Waals surface area (Å²) in [6.45, 7) is 3.64. The molecule has 0 aromatic heterocycles. The Morgan fingerprint density at radius 3 is 1.72 bits per heavy atom. The predicted octanol–water partition coefficient (Wildman–Crippen LogP) is -0.755. The first-order chi connectivity index (χ1) is 18.8. The standard InChI is InChI=1S/C25H38N4O9S/c1-39-19-18-24(34)29(25(19)35)11-7-21(31)27-9-3-13-37-15-17-38-16-14-36-12-2-8-26-20(30)6-10-28-22(32)4-5-23(28)33/h4-5,19H,2-3,6-18H2,1H3,(H,26,30)(H,27,31). The summed E-state index contributed by atoms with van der Waals surface area (Å²) in [5.41, 5.74) is 0. The predicted molar refractivity (Wildman–Crippen MR) is 141 cm³/mol. The molecule has 2 aliphatic rings. The Hall–Kier alpha value is -2.81. The third kappa shape index (κ3) is 12.3. The molecule has 2 heterocycles. The van der Waals surface area contributed by atoms with E-state index < -0.39 is 11.8 Å². The largest absolute Gasteiger partial charge is 0.379 e. The fraction of sp³-hybridized carbons (Fsp3) is 0.680. The van der Waals surface area contributed by atoms with E-state index in [1.54, 1.807) is 6.26 Å². The highest BCUT2D eigenvalue weighted by Crippen LogP contribution is 2.22. The molecule has 13 nitrogen and oxygen atoms in total. The maximum Gasteiger partial charge on any atom is 0.253 e. The quantitative estimate of drug-likeness (QED) is 0.133. The number of thioether (sulfide) groups is 1. The molecule has 0 aromatic rings. The van der Waals surface area contributed by atoms with Gasteiger partial charge in [0.1, 0.15) is 0 Å². The Morgan fingerprint density at radius 2 is 1.26 bits per heavy atom. The highest BCUT2D eigenvalue weighted by molar-refractivity contribution is 8.00. The molecule has 1 fully saturated rings. The minimum atomic E-state index is -0.397. The van der Waals surface area contributed by atoms with Gasteiger partial charge >= 0.3 is 0 Å². The number of carbonyl (C=O) groups is 6. The van der Waals surface area contributed by atoms with E-state index >= 15 is 0 Å². The van der Waals surface area contributed by atoms with E-state index in [2.05, 4.69) is 10.6 Å². The molecule has 39 heavy (non-hydrogen) atoms. The molecule has 0 spiro atoms. The zero-order valence-corrected chi connectivity index (χ0v) is 23.1. The minimum Gasteiger partial charge on any atom is -0.379 e. The summed E-state index contributed by atoms with van der Waals surface area (Å²) in [5, 5.41) is 5.14. The highest BCUT2D eigenvalue weighted by Gasteiger charge is 2.37. The molecular formula is C25H38N4O9S. The average Bonchev–Trinajstić information content (AvgIpc) is 3.39. The van der Waals surface area contributed by atoms with Gasteiger partial charge in [-0.15, -0.1) is 0 Å². The van der Waals surface area contributed by atoms with Crippen LogP contribution in [0, 0.1) is 0 Å². The van der Waals surface area contributed by atoms with Crippen LogP contribution >= 0.6 is 11.8 Å². The number of rotatable bonds is 21. The van der Waals surface area contributed by atoms with Crippen LogP contribution in [0.5, 0.6) is 0 Å². The highest BCUT2D eigenvalue weighted by atomic mass is 32.2. The number of hydrogen-bond acceptors (Lipinski definition) is 10. The topological polar surface area (TPSA) is 161 Å². The first-order valence-electron chi connectivity index (χ1n) is 13.0. The van der Waals surface area contributed by atoms with Gasteiger partial charge in [-0.3, -0.25) is 38.6 Å². The van der Waals surface area contributed by atoms with Crippen LogP contribution in [0.15, 0.2) is 12.2 Å². The second-order valence-corrected chi connectivity index (χ2v) is 9.76. The molecule has 0 aromatic carbocycles. The lowest BCUT2D eigenvalue weighted by atomic mass is 10.3. The smallest absolute Gasteiger partial charge is 0.253 e. The first kappa shape index (κ1) is 32.4. The van der Waals surface area contributed by atoms with E-state index in [1.165, 1.54) is 28.8 Å². The van der Waals surface area contributed by atoms with E-state index in [4.69, 9.17) is 14.2 Å². The lowest BCUT2D eigenvalue weighted by Gasteiger charge is -2.14. The van der Waals surface area contributed by atoms with Crippen molar-refractivity contribution in [3.8, 4) is 0 Å². The van der Waals surface area contributed by atoms with Crippen molar-refractivity contribution in [3.05, 3.63) is 12.2 Å². The molecule has 1 unspecified atom stereocenters. The summed E-state index contributed by atoms with van der Waals surface area (Å²) >= 11 is 1.35. The van der Waals surface area contributed by atoms with Gasteiger partial charge in [0.2, 0.25) is 23.6 Å². The summed E-state index contributed by atoms with van der Waals surface area (Å²) in [5.74, 6) is -1.67. The van der Waals surface area contributed by atoms with Gasteiger partial charge < -0.3 is 24.8 Å². The lowest BCUT2D eigenvalue weighted by Crippen LogP contribution is -2.35. The molecule has 2 rings (SSSR count). The second kappa shape index (κ2) is 18.5. The van der Waals surface area contributed by atoms with Crippen molar-refractivity contribution < 1.29 is 43.0 Å². The number of likely N-dealkylation sites (tertiary alicyclic amines) is 1. The molecule has 218 valence electrons. The molecular weight excluding hydrogens is 532 g/mol. The Balaban J connectivity index is 1.30. The second-order valence-electron chi connectivity index (χ2n) is 8.72. The van der Waals surface area contributed by atoms with Gasteiger partial charge in [-0.2, -0.15) is 11.8 Å². The van der Waals surface area contributed by atoms with Crippen LogP contribution in [0.4, 0.5) is 0 Å². The molecule has 2 N–H and O–H groups in total. The van der Waals surface area contributed by atoms with Gasteiger partial charge in [-0.05, 0) is 19.1 Å². The third-order valence-electron chi connectivity index (χ3n) is 5.83. The van der Waals surface area contributed by atoms with Gasteiger partial charge in [-0.25, -0.2) is 0 Å². The Labute approximate surface area is 232 Å². The monoisotopic (exact) mass is 570 g/mol. The molecule has 1 saturated heterocycles. The number of amides is 6. The Bertz CT molecular complexity index is 881. The molecule has 0 radical (unpaired) electrons. The first-order valence-corrected chi connectivity index (χ1v) is 14.3. The average molecular weight is 571 g/mol. The van der Waals surface area contributed by atoms with Crippen LogP contribution in [-0.2, 0) is 43.0 Å². The normalized spacial score (nSPS) is 17.0. The van der Waals surface area contributed by atoms with Crippen LogP contribution in [0.1, 0.15) is 32.1 Å². The van der Waals surface area contributed by atoms with Gasteiger partial charge in [0.15, 0.2) is 0 Å². The van der Waals surface area contributed by atoms with Gasteiger partial charge in [-0.1, -0.05) is 0 Å². The number of nitrogens with one attached hydrogen (secondary N) is 2. The summed E-state index contributed by atoms with van der Waals surface area (Å²) in [4.78, 5) is 72.6. The fourth-order valence-corrected chi connectivity index (χ4v) is 4.31. The van der Waals surface area contributed by atoms with Crippen LogP contribution in [0.25, 0.3) is 0 Å². The molecule has 0 bridgehead atoms. The third-order valence-corrected chi connectivity index (χ3v) is 6.77. The summed E-state index contributed by atoms with van der Waals surface area (Å²) in [6, 6.07) is 0. The Kier molecular flexibility index (Phi) is 15.3. The van der Waals surface area contributed by atoms with Crippen LogP contribution < -0.4 is 10.6 Å². The van der Waals surface area contributed by atoms with E-state index in [9.17, 15) is 28.8 Å². The Morgan fingerprint density at radius 1 is 0.795 bits per heavy atom. The number of nitrogens with zero attached hydrogens (tertiary/aromatic N) is 2. The van der Waals surface area contributed by atoms with E-state index in [0.29, 0.717) is 65.6 Å². The molecule has 0 aliphatic carbocycles. The van der Waals surface area contributed by atoms with Crippen LogP contribution in [0.3, 0.4) is 0 Å². The summed E-state index contributed by atoms with van der Waals surface area (Å²) < 4.78 is 16.3. The van der Waals surface area contributed by atoms with Gasteiger partial charge in [0.05, 0.1) is 31.7 Å². The SMILES string of the molecule is CSC1CC(=O)N(CCC(=O)NCCCOCCOCCOCCCNC(=O)CCN2C(=O)C=CC2=O)C1=O. The van der Waals surface area contributed by atoms with Crippen molar-refractivity contribution in [2.24, 2.45) is 0 Å². The minimum absolute atomic E-state index is 0.0642. The van der Waals surface area contributed by atoms with E-state index in [0.717, 1.165) is 4.90 Å². The maximum absolute atomic E-state index is 12.0. The number of carbonyl (C=O) groups excluding carboxylic acids is 6. The van der Waals surface area contributed by atoms with Crippen molar-refractivity contribution in [2.75, 3.05) is 72.1 Å². The fourth-order valence-electron chi connectivity index (χ4n) is 3.67. The number of imide groups is 2. The van der Waals surface area contributed by atoms with Crippen molar-refractivity contribution in [3.63, 3.8) is 0 Å². The summed E-state index contributed by atoms with van der Waals surface area (Å²) in [7, 11) is 0. The maximum atomic E-state index is 12.0. The molecule has 14 heteroatoms. The zero-order valence-electron chi connectivity index (χ0n) is 22.3. The lowest BCUT2D eigenvalue weighted by molar-refractivity contribution is -0.140. The van der Waals surface area contributed by atoms with Crippen LogP contribution in [-0.4, -0.2) is 123 Å². The molecule has 2 aliphatic heterocycles. The van der Waals surface area contributed by atoms with E-state index in [-0.39, 0.29) is 61.2 Å². The van der Waals surface area contributed by atoms with Gasteiger partial charge in [0.25, 0.3) is 11.8 Å². The van der Waals surface area contributed by atoms with Crippen molar-refractivity contribution >= 4 is 47.2 Å². The molecule has 6 amide bonds. The molecule has 1 atom stereocenters. The van der Waals surface area contributed by atoms with E-state index in [1.807, 2.05) is 0 Å². The number of ether oxygens (including phenoxy) is 3. The van der Waals surface area contributed by atoms with Crippen LogP contribution in [0.2, 0.25) is 0 Å². The van der Waals surface area contributed by atoms with Crippen molar-refractivity contribution in [1.82, 2.24) is 20.4 Å². The summed E-state index contributed by atoms with van der Waals surface area (Å²) in [6.07, 6.45) is 5.79. The number of hydrogen-bond donors (Lipinski definition) is 2. The van der Waals surface area contributed by atoms with Crippen molar-refractivity contribution in [1.29, 1.82) is 0 Å². The zero-order chi connectivity index (χ0) is 28.5. The van der Waals surface area contributed by atoms with Gasteiger partial charge in [0, 0.05) is 70.8 Å².